The van der Waals surface area contributed by atoms with Gasteiger partial charge >= 0.3 is 6.03 Å². The number of nitro benzene ring substituents is 1. The summed E-state index contributed by atoms with van der Waals surface area (Å²) in [6, 6.07) is 31.4. The van der Waals surface area contributed by atoms with E-state index in [1.807, 2.05) is 48.5 Å². The Balaban J connectivity index is 0.872. The van der Waals surface area contributed by atoms with E-state index in [0.717, 1.165) is 109 Å². The molecule has 4 atom stereocenters. The summed E-state index contributed by atoms with van der Waals surface area (Å²) in [6.45, 7) is 6.69. The Kier molecular flexibility index (Phi) is 11.0. The molecular weight excluding hydrogens is 731 g/mol. The molecule has 0 unspecified atom stereocenters. The largest absolute Gasteiger partial charge is 0.392 e. The summed E-state index contributed by atoms with van der Waals surface area (Å²) in [7, 11) is 0. The topological polar surface area (TPSA) is 129 Å². The Morgan fingerprint density at radius 3 is 2.10 bits per heavy atom. The molecule has 4 aliphatic carbocycles. The maximum absolute atomic E-state index is 13.3. The summed E-state index contributed by atoms with van der Waals surface area (Å²) in [5.74, 6) is 2.38. The zero-order chi connectivity index (χ0) is 39.8. The van der Waals surface area contributed by atoms with Gasteiger partial charge in [-0.05, 0) is 96.2 Å². The van der Waals surface area contributed by atoms with Crippen molar-refractivity contribution in [2.24, 2.45) is 23.7 Å². The summed E-state index contributed by atoms with van der Waals surface area (Å²) in [5.41, 5.74) is 7.12. The molecule has 2 heterocycles. The zero-order valence-corrected chi connectivity index (χ0v) is 33.3. The molecule has 6 fully saturated rings. The minimum atomic E-state index is -0.579. The molecule has 0 spiro atoms. The number of hydrogen-bond donors (Lipinski definition) is 3. The highest BCUT2D eigenvalue weighted by molar-refractivity contribution is 5.76. The Bertz CT molecular complexity index is 2030. The van der Waals surface area contributed by atoms with Crippen molar-refractivity contribution < 1.29 is 24.3 Å². The van der Waals surface area contributed by atoms with Crippen molar-refractivity contribution in [3.05, 3.63) is 129 Å². The number of aliphatic hydroxyl groups excluding tert-OH is 1. The summed E-state index contributed by atoms with van der Waals surface area (Å²) < 4.78 is 13.6. The van der Waals surface area contributed by atoms with E-state index in [9.17, 15) is 20.0 Å². The molecule has 58 heavy (non-hydrogen) atoms. The fourth-order valence-corrected chi connectivity index (χ4v) is 11.1. The van der Waals surface area contributed by atoms with E-state index in [0.29, 0.717) is 6.54 Å². The number of anilines is 1. The van der Waals surface area contributed by atoms with Gasteiger partial charge in [-0.3, -0.25) is 15.0 Å². The van der Waals surface area contributed by atoms with Gasteiger partial charge < -0.3 is 30.1 Å². The lowest BCUT2D eigenvalue weighted by Crippen LogP contribution is -2.61. The van der Waals surface area contributed by atoms with Crippen molar-refractivity contribution in [1.29, 1.82) is 0 Å². The molecule has 2 saturated heterocycles. The van der Waals surface area contributed by atoms with E-state index in [1.165, 1.54) is 19.3 Å². The quantitative estimate of drug-likeness (QED) is 0.103. The minimum Gasteiger partial charge on any atom is -0.392 e. The van der Waals surface area contributed by atoms with E-state index in [4.69, 9.17) is 9.47 Å². The number of nitro groups is 1. The molecule has 2 aliphatic heterocycles. The average Bonchev–Trinajstić information content (AvgIpc) is 3.23. The van der Waals surface area contributed by atoms with Crippen molar-refractivity contribution in [2.75, 3.05) is 37.6 Å². The maximum Gasteiger partial charge on any atom is 0.315 e. The number of aliphatic hydroxyl groups is 1. The predicted molar refractivity (Wildman–Crippen MR) is 223 cm³/mol. The molecule has 4 aromatic carbocycles. The van der Waals surface area contributed by atoms with Crippen LogP contribution in [-0.2, 0) is 22.6 Å². The minimum absolute atomic E-state index is 0.0118. The van der Waals surface area contributed by atoms with Crippen LogP contribution in [0, 0.1) is 33.8 Å². The Hall–Kier alpha value is -4.81. The molecule has 2 amide bonds. The standard InChI is InChI=1S/C47H55N5O6/c1-31-43(29-50-18-20-51(21-19-50)40-14-16-41(17-15-40)52(55)56)57-45(58-44(31)37-8-6-32(30-53)7-9-37)38-12-10-36(11-13-38)42-5-3-2-4-39(42)28-48-46(54)49-47-25-33-22-34(26-47)24-35(23-33)27-47/h2-17,31,33-35,43-45,53H,18-30H2,1H3,(H2,48,49,54)/t31-,33?,34?,35?,43+,44+,45+,47?/m1/s1. The number of amides is 2. The Morgan fingerprint density at radius 2 is 1.47 bits per heavy atom. The summed E-state index contributed by atoms with van der Waals surface area (Å²) >= 11 is 0. The maximum atomic E-state index is 13.3. The van der Waals surface area contributed by atoms with E-state index < -0.39 is 6.29 Å². The first kappa shape index (κ1) is 38.7. The number of ether oxygens (including phenoxy) is 2. The lowest BCUT2D eigenvalue weighted by molar-refractivity contribution is -0.384. The Morgan fingerprint density at radius 1 is 0.828 bits per heavy atom. The first-order chi connectivity index (χ1) is 28.2. The average molecular weight is 786 g/mol. The van der Waals surface area contributed by atoms with Gasteiger partial charge in [-0.25, -0.2) is 4.79 Å². The number of hydrogen-bond acceptors (Lipinski definition) is 8. The van der Waals surface area contributed by atoms with Gasteiger partial charge in [0.2, 0.25) is 0 Å². The van der Waals surface area contributed by atoms with E-state index in [-0.39, 0.29) is 46.9 Å². The second-order valence-electron chi connectivity index (χ2n) is 17.7. The van der Waals surface area contributed by atoms with Crippen LogP contribution < -0.4 is 15.5 Å². The van der Waals surface area contributed by atoms with Crippen LogP contribution in [-0.4, -0.2) is 65.3 Å². The fraction of sp³-hybridized carbons (Fsp3) is 0.468. The van der Waals surface area contributed by atoms with Crippen LogP contribution in [0.4, 0.5) is 16.2 Å². The summed E-state index contributed by atoms with van der Waals surface area (Å²) in [6.07, 6.45) is 6.53. The molecule has 4 saturated carbocycles. The van der Waals surface area contributed by atoms with Crippen LogP contribution in [0.25, 0.3) is 11.1 Å². The summed E-state index contributed by atoms with van der Waals surface area (Å²) in [5, 5.41) is 27.5. The molecular formula is C47H55N5O6. The lowest BCUT2D eigenvalue weighted by atomic mass is 9.53. The predicted octanol–water partition coefficient (Wildman–Crippen LogP) is 8.14. The highest BCUT2D eigenvalue weighted by atomic mass is 16.7. The first-order valence-corrected chi connectivity index (χ1v) is 21.2. The number of non-ortho nitro benzene ring substituents is 1. The van der Waals surface area contributed by atoms with Gasteiger partial charge in [-0.1, -0.05) is 79.7 Å². The highest BCUT2D eigenvalue weighted by Gasteiger charge is 2.51. The highest BCUT2D eigenvalue weighted by Crippen LogP contribution is 2.55. The molecule has 4 bridgehead atoms. The Labute approximate surface area is 340 Å². The molecule has 0 aromatic heterocycles. The summed E-state index contributed by atoms with van der Waals surface area (Å²) in [4.78, 5) is 28.8. The van der Waals surface area contributed by atoms with E-state index >= 15 is 0 Å². The number of nitrogens with one attached hydrogen (secondary N) is 2. The smallest absolute Gasteiger partial charge is 0.315 e. The third-order valence-corrected chi connectivity index (χ3v) is 13.7. The van der Waals surface area contributed by atoms with Crippen molar-refractivity contribution in [3.63, 3.8) is 0 Å². The van der Waals surface area contributed by atoms with Crippen LogP contribution >= 0.6 is 0 Å². The van der Waals surface area contributed by atoms with Gasteiger partial charge in [0.25, 0.3) is 5.69 Å². The second kappa shape index (κ2) is 16.4. The third-order valence-electron chi connectivity index (χ3n) is 13.7. The number of urea groups is 1. The van der Waals surface area contributed by atoms with Crippen molar-refractivity contribution in [2.45, 2.75) is 82.6 Å². The first-order valence-electron chi connectivity index (χ1n) is 21.2. The number of benzene rings is 4. The molecule has 0 radical (unpaired) electrons. The zero-order valence-electron chi connectivity index (χ0n) is 33.3. The van der Waals surface area contributed by atoms with Crippen LogP contribution in [0.5, 0.6) is 0 Å². The van der Waals surface area contributed by atoms with E-state index in [1.54, 1.807) is 12.1 Å². The molecule has 10 rings (SSSR count). The monoisotopic (exact) mass is 785 g/mol. The molecule has 304 valence electrons. The molecule has 11 nitrogen and oxygen atoms in total. The van der Waals surface area contributed by atoms with Gasteiger partial charge in [-0.15, -0.1) is 0 Å². The van der Waals surface area contributed by atoms with Gasteiger partial charge in [-0.2, -0.15) is 0 Å². The SMILES string of the molecule is C[C@@H]1[C@H](CN2CCN(c3ccc([N+](=O)[O-])cc3)CC2)O[C@H](c2ccc(-c3ccccc3CNC(=O)NC34CC5CC(CC(C5)C3)C4)cc2)O[C@@H]1c1ccc(CO)cc1. The van der Waals surface area contributed by atoms with Crippen molar-refractivity contribution in [1.82, 2.24) is 15.5 Å². The number of piperazine rings is 1. The lowest BCUT2D eigenvalue weighted by Gasteiger charge is -2.56. The number of nitrogens with zero attached hydrogens (tertiary/aromatic N) is 3. The van der Waals surface area contributed by atoms with Crippen LogP contribution in [0.2, 0.25) is 0 Å². The van der Waals surface area contributed by atoms with Crippen LogP contribution in [0.1, 0.15) is 80.1 Å². The normalized spacial score (nSPS) is 29.3. The molecule has 3 N–H and O–H groups in total. The van der Waals surface area contributed by atoms with Gasteiger partial charge in [0, 0.05) is 74.1 Å². The van der Waals surface area contributed by atoms with Gasteiger partial charge in [0.1, 0.15) is 0 Å². The van der Waals surface area contributed by atoms with Gasteiger partial charge in [0.15, 0.2) is 6.29 Å². The van der Waals surface area contributed by atoms with Crippen molar-refractivity contribution >= 4 is 17.4 Å². The number of carbonyl (C=O) groups is 1. The fourth-order valence-electron chi connectivity index (χ4n) is 11.1. The van der Waals surface area contributed by atoms with E-state index in [2.05, 4.69) is 63.8 Å². The molecule has 6 aliphatic rings. The second-order valence-corrected chi connectivity index (χ2v) is 17.7. The molecule has 4 aromatic rings. The number of rotatable bonds is 11. The van der Waals surface area contributed by atoms with Crippen molar-refractivity contribution in [3.8, 4) is 11.1 Å². The third kappa shape index (κ3) is 8.23. The van der Waals surface area contributed by atoms with Crippen LogP contribution in [0.15, 0.2) is 97.1 Å². The van der Waals surface area contributed by atoms with Gasteiger partial charge in [0.05, 0.1) is 23.7 Å². The molecule has 11 heteroatoms. The van der Waals surface area contributed by atoms with Crippen LogP contribution in [0.3, 0.4) is 0 Å². The number of carbonyl (C=O) groups excluding carboxylic acids is 1.